The Labute approximate surface area is 264 Å². The summed E-state index contributed by atoms with van der Waals surface area (Å²) in [7, 11) is -4.10. The molecule has 0 amide bonds. The van der Waals surface area contributed by atoms with Gasteiger partial charge in [0.2, 0.25) is 4.80 Å². The van der Waals surface area contributed by atoms with E-state index >= 15 is 0 Å². The first-order chi connectivity index (χ1) is 21.9. The number of hydrogen-bond donors (Lipinski definition) is 0. The fourth-order valence-electron chi connectivity index (χ4n) is 5.66. The molecule has 0 saturated heterocycles. The molecule has 0 atom stereocenters. The van der Waals surface area contributed by atoms with E-state index in [4.69, 9.17) is 9.84 Å². The van der Waals surface area contributed by atoms with E-state index in [1.54, 1.807) is 23.7 Å². The molecule has 0 saturated carbocycles. The number of fused-ring (bicyclic) bond motifs is 3. The summed E-state index contributed by atoms with van der Waals surface area (Å²) in [4.78, 5) is 13.5. The fourth-order valence-corrected chi connectivity index (χ4v) is 7.76. The van der Waals surface area contributed by atoms with Crippen LogP contribution in [0.4, 0.5) is 0 Å². The topological polar surface area (TPSA) is 95.5 Å². The van der Waals surface area contributed by atoms with Gasteiger partial charge in [-0.25, -0.2) is 9.48 Å². The SMILES string of the molecule is CCOC(=O)c1c2c(nn1-c1ccc(S(=O)(=O)/N=c3/scc(-c4ccccc4)n3-c3ccccc3)cc1)-c1ccccc1CC2. The van der Waals surface area contributed by atoms with Crippen LogP contribution in [0.3, 0.4) is 0 Å². The van der Waals surface area contributed by atoms with Gasteiger partial charge in [-0.3, -0.25) is 4.57 Å². The molecule has 0 bridgehead atoms. The first-order valence-electron chi connectivity index (χ1n) is 14.5. The zero-order chi connectivity index (χ0) is 31.0. The number of hydrogen-bond acceptors (Lipinski definition) is 6. The van der Waals surface area contributed by atoms with Crippen molar-refractivity contribution in [3.63, 3.8) is 0 Å². The zero-order valence-electron chi connectivity index (χ0n) is 24.3. The molecule has 0 spiro atoms. The van der Waals surface area contributed by atoms with Crippen molar-refractivity contribution >= 4 is 27.3 Å². The molecule has 45 heavy (non-hydrogen) atoms. The van der Waals surface area contributed by atoms with Crippen LogP contribution in [0.15, 0.2) is 124 Å². The van der Waals surface area contributed by atoms with Crippen molar-refractivity contribution in [2.75, 3.05) is 6.61 Å². The van der Waals surface area contributed by atoms with Gasteiger partial charge in [-0.2, -0.15) is 13.5 Å². The molecule has 10 heteroatoms. The lowest BCUT2D eigenvalue weighted by Gasteiger charge is -2.15. The maximum Gasteiger partial charge on any atom is 0.357 e. The minimum absolute atomic E-state index is 0.0282. The summed E-state index contributed by atoms with van der Waals surface area (Å²) < 4.78 is 40.5. The van der Waals surface area contributed by atoms with Gasteiger partial charge in [-0.05, 0) is 67.3 Å². The third-order valence-electron chi connectivity index (χ3n) is 7.74. The van der Waals surface area contributed by atoms with Gasteiger partial charge in [0.05, 0.1) is 28.6 Å². The minimum Gasteiger partial charge on any atom is -0.461 e. The molecule has 1 aliphatic carbocycles. The second kappa shape index (κ2) is 11.8. The van der Waals surface area contributed by atoms with E-state index < -0.39 is 16.0 Å². The molecular weight excluding hydrogens is 605 g/mol. The molecule has 0 N–H and O–H groups in total. The number of ether oxygens (including phenoxy) is 1. The molecule has 2 aromatic heterocycles. The molecule has 6 aromatic rings. The number of benzene rings is 4. The van der Waals surface area contributed by atoms with Gasteiger partial charge in [-0.1, -0.05) is 72.8 Å². The number of aromatic nitrogens is 3. The average Bonchev–Trinajstić information content (AvgIpc) is 3.68. The van der Waals surface area contributed by atoms with Gasteiger partial charge in [0.1, 0.15) is 0 Å². The second-order valence-electron chi connectivity index (χ2n) is 10.5. The van der Waals surface area contributed by atoms with E-state index in [-0.39, 0.29) is 11.5 Å². The van der Waals surface area contributed by atoms with E-state index in [9.17, 15) is 13.2 Å². The molecule has 0 fully saturated rings. The van der Waals surface area contributed by atoms with Gasteiger partial charge in [0, 0.05) is 22.2 Å². The van der Waals surface area contributed by atoms with Crippen molar-refractivity contribution in [3.05, 3.63) is 136 Å². The van der Waals surface area contributed by atoms with Crippen LogP contribution in [-0.4, -0.2) is 35.3 Å². The highest BCUT2D eigenvalue weighted by Crippen LogP contribution is 2.36. The molecule has 1 aliphatic rings. The van der Waals surface area contributed by atoms with E-state index in [0.717, 1.165) is 40.2 Å². The second-order valence-corrected chi connectivity index (χ2v) is 12.9. The summed E-state index contributed by atoms with van der Waals surface area (Å²) in [5, 5.41) is 6.75. The molecule has 8 nitrogen and oxygen atoms in total. The molecule has 0 radical (unpaired) electrons. The summed E-state index contributed by atoms with van der Waals surface area (Å²) >= 11 is 1.26. The predicted octanol–water partition coefficient (Wildman–Crippen LogP) is 6.62. The number of carbonyl (C=O) groups is 1. The van der Waals surface area contributed by atoms with Gasteiger partial charge < -0.3 is 4.74 Å². The maximum atomic E-state index is 13.7. The first-order valence-corrected chi connectivity index (χ1v) is 16.9. The van der Waals surface area contributed by atoms with E-state index in [0.29, 0.717) is 22.6 Å². The minimum atomic E-state index is -4.10. The van der Waals surface area contributed by atoms with Crippen LogP contribution >= 0.6 is 11.3 Å². The molecule has 0 unspecified atom stereocenters. The Hall–Kier alpha value is -5.06. The Morgan fingerprint density at radius 1 is 0.867 bits per heavy atom. The number of sulfonamides is 1. The fraction of sp³-hybridized carbons (Fsp3) is 0.114. The lowest BCUT2D eigenvalue weighted by atomic mass is 9.89. The normalized spacial score (nSPS) is 12.9. The molecule has 0 aliphatic heterocycles. The lowest BCUT2D eigenvalue weighted by Crippen LogP contribution is -2.17. The van der Waals surface area contributed by atoms with Crippen LogP contribution in [-0.2, 0) is 27.6 Å². The monoisotopic (exact) mass is 632 g/mol. The van der Waals surface area contributed by atoms with E-state index in [1.165, 1.54) is 29.0 Å². The molecular formula is C35H28N4O4S2. The summed E-state index contributed by atoms with van der Waals surface area (Å²) in [6.45, 7) is 1.99. The standard InChI is InChI=1S/C35H28N4O4S2/c1-2-43-34(40)33-30-22-17-24-11-9-10-16-29(24)32(30)36-39(33)27-18-20-28(21-19-27)45(41,42)37-35-38(26-14-7-4-8-15-26)31(23-44-35)25-12-5-3-6-13-25/h3-16,18-21,23H,2,17,22H2,1H3/b37-35+. The van der Waals surface area contributed by atoms with Crippen LogP contribution in [0, 0.1) is 0 Å². The number of carbonyl (C=O) groups excluding carboxylic acids is 1. The summed E-state index contributed by atoms with van der Waals surface area (Å²) in [6.07, 6.45) is 1.44. The number of esters is 1. The Morgan fingerprint density at radius 3 is 2.29 bits per heavy atom. The maximum absolute atomic E-state index is 13.7. The van der Waals surface area contributed by atoms with Gasteiger partial charge in [0.15, 0.2) is 5.69 Å². The van der Waals surface area contributed by atoms with Gasteiger partial charge in [-0.15, -0.1) is 15.7 Å². The predicted molar refractivity (Wildman–Crippen MR) is 174 cm³/mol. The van der Waals surface area contributed by atoms with Gasteiger partial charge >= 0.3 is 5.97 Å². The van der Waals surface area contributed by atoms with Crippen molar-refractivity contribution in [2.45, 2.75) is 24.7 Å². The van der Waals surface area contributed by atoms with Crippen LogP contribution < -0.4 is 4.80 Å². The Kier molecular flexibility index (Phi) is 7.52. The highest BCUT2D eigenvalue weighted by molar-refractivity contribution is 7.90. The van der Waals surface area contributed by atoms with Crippen LogP contribution in [0.2, 0.25) is 0 Å². The summed E-state index contributed by atoms with van der Waals surface area (Å²) in [6, 6.07) is 33.7. The molecule has 7 rings (SSSR count). The van der Waals surface area contributed by atoms with E-state index in [2.05, 4.69) is 10.5 Å². The third kappa shape index (κ3) is 5.32. The number of para-hydroxylation sites is 1. The van der Waals surface area contributed by atoms with Crippen molar-refractivity contribution in [1.82, 2.24) is 14.3 Å². The van der Waals surface area contributed by atoms with Crippen LogP contribution in [0.1, 0.15) is 28.5 Å². The van der Waals surface area contributed by atoms with Crippen molar-refractivity contribution in [2.24, 2.45) is 4.40 Å². The number of rotatable bonds is 7. The average molecular weight is 633 g/mol. The zero-order valence-corrected chi connectivity index (χ0v) is 26.0. The molecule has 2 heterocycles. The third-order valence-corrected chi connectivity index (χ3v) is 9.96. The van der Waals surface area contributed by atoms with Crippen molar-refractivity contribution in [1.29, 1.82) is 0 Å². The van der Waals surface area contributed by atoms with Crippen molar-refractivity contribution in [3.8, 4) is 33.9 Å². The quantitative estimate of drug-likeness (QED) is 0.184. The Morgan fingerprint density at radius 2 is 1.56 bits per heavy atom. The Balaban J connectivity index is 1.30. The number of thiazole rings is 1. The van der Waals surface area contributed by atoms with E-state index in [1.807, 2.05) is 88.8 Å². The summed E-state index contributed by atoms with van der Waals surface area (Å²) in [5.41, 5.74) is 7.22. The highest BCUT2D eigenvalue weighted by atomic mass is 32.2. The van der Waals surface area contributed by atoms with Crippen LogP contribution in [0.5, 0.6) is 0 Å². The smallest absolute Gasteiger partial charge is 0.357 e. The highest BCUT2D eigenvalue weighted by Gasteiger charge is 2.30. The van der Waals surface area contributed by atoms with Crippen molar-refractivity contribution < 1.29 is 17.9 Å². The van der Waals surface area contributed by atoms with Crippen LogP contribution in [0.25, 0.3) is 33.9 Å². The number of aryl methyl sites for hydroxylation is 1. The Bertz CT molecular complexity index is 2200. The largest absolute Gasteiger partial charge is 0.461 e. The molecule has 4 aromatic carbocycles. The first kappa shape index (κ1) is 28.7. The van der Waals surface area contributed by atoms with Gasteiger partial charge in [0.25, 0.3) is 10.0 Å². The lowest BCUT2D eigenvalue weighted by molar-refractivity contribution is 0.0514. The summed E-state index contributed by atoms with van der Waals surface area (Å²) in [5.74, 6) is -0.463. The molecule has 224 valence electrons. The number of nitrogens with zero attached hydrogens (tertiary/aromatic N) is 4.